The lowest BCUT2D eigenvalue weighted by Crippen LogP contribution is -2.30. The fourth-order valence-electron chi connectivity index (χ4n) is 5.69. The first-order chi connectivity index (χ1) is 16.3. The molecule has 2 aliphatic rings. The second-order valence-corrected chi connectivity index (χ2v) is 10.2. The second-order valence-electron chi connectivity index (χ2n) is 10.2. The maximum Gasteiger partial charge on any atom is 0.163 e. The Morgan fingerprint density at radius 2 is 1.79 bits per heavy atom. The van der Waals surface area contributed by atoms with Crippen LogP contribution >= 0.6 is 0 Å². The molecule has 3 unspecified atom stereocenters. The normalized spacial score (nSPS) is 18.5. The number of Topliss-reactive ketones (excluding diaryl/α,β-unsaturated/α-hetero) is 3. The Morgan fingerprint density at radius 1 is 1.09 bits per heavy atom. The second kappa shape index (κ2) is 13.6. The molecule has 0 aromatic heterocycles. The molecule has 0 N–H and O–H groups in total. The fraction of sp³-hybridized carbons (Fsp3) is 0.581. The van der Waals surface area contributed by atoms with Gasteiger partial charge in [0, 0.05) is 17.9 Å². The molecule has 0 bridgehead atoms. The van der Waals surface area contributed by atoms with E-state index in [1.165, 1.54) is 30.0 Å². The number of ketones is 3. The van der Waals surface area contributed by atoms with Gasteiger partial charge in [0.25, 0.3) is 0 Å². The summed E-state index contributed by atoms with van der Waals surface area (Å²) in [5.74, 6) is 0.677. The molecule has 1 aromatic carbocycles. The Kier molecular flexibility index (Phi) is 11.1. The molecule has 3 nitrogen and oxygen atoms in total. The number of rotatable bonds is 10. The highest BCUT2D eigenvalue weighted by Gasteiger charge is 2.34. The third-order valence-electron chi connectivity index (χ3n) is 7.03. The van der Waals surface area contributed by atoms with E-state index in [0.29, 0.717) is 6.42 Å². The molecule has 3 atom stereocenters. The van der Waals surface area contributed by atoms with Crippen molar-refractivity contribution in [3.05, 3.63) is 52.6 Å². The first-order valence-corrected chi connectivity index (χ1v) is 13.3. The monoisotopic (exact) mass is 464 g/mol. The molecule has 186 valence electrons. The Morgan fingerprint density at radius 3 is 2.35 bits per heavy atom. The topological polar surface area (TPSA) is 51.2 Å². The predicted octanol–water partition coefficient (Wildman–Crippen LogP) is 7.88. The van der Waals surface area contributed by atoms with Crippen molar-refractivity contribution in [1.82, 2.24) is 0 Å². The molecule has 0 aliphatic heterocycles. The Hall–Kier alpha value is -2.29. The van der Waals surface area contributed by atoms with Crippen molar-refractivity contribution in [2.24, 2.45) is 17.8 Å². The van der Waals surface area contributed by atoms with E-state index in [2.05, 4.69) is 51.1 Å². The summed E-state index contributed by atoms with van der Waals surface area (Å²) in [6, 6.07) is 4.26. The number of fused-ring (bicyclic) bond motifs is 1. The molecular weight excluding hydrogens is 420 g/mol. The molecule has 0 radical (unpaired) electrons. The first-order valence-electron chi connectivity index (χ1n) is 13.3. The van der Waals surface area contributed by atoms with E-state index < -0.39 is 0 Å². The zero-order valence-electron chi connectivity index (χ0n) is 22.2. The van der Waals surface area contributed by atoms with E-state index in [1.54, 1.807) is 0 Å². The molecule has 0 heterocycles. The summed E-state index contributed by atoms with van der Waals surface area (Å²) in [7, 11) is 0. The summed E-state index contributed by atoms with van der Waals surface area (Å²) in [5, 5.41) is 0. The molecule has 3 rings (SSSR count). The van der Waals surface area contributed by atoms with Crippen LogP contribution in [0, 0.1) is 24.7 Å². The molecule has 1 aromatic rings. The largest absolute Gasteiger partial charge is 0.300 e. The van der Waals surface area contributed by atoms with Crippen LogP contribution in [0.2, 0.25) is 0 Å². The van der Waals surface area contributed by atoms with Crippen molar-refractivity contribution in [2.75, 3.05) is 0 Å². The summed E-state index contributed by atoms with van der Waals surface area (Å²) < 4.78 is 0. The molecule has 2 aliphatic carbocycles. The number of aryl methyl sites for hydroxylation is 1. The average molecular weight is 465 g/mol. The van der Waals surface area contributed by atoms with Gasteiger partial charge >= 0.3 is 0 Å². The number of hydrogen-bond acceptors (Lipinski definition) is 3. The quantitative estimate of drug-likeness (QED) is 0.331. The summed E-state index contributed by atoms with van der Waals surface area (Å²) >= 11 is 0. The van der Waals surface area contributed by atoms with Crippen LogP contribution in [0.3, 0.4) is 0 Å². The van der Waals surface area contributed by atoms with Crippen molar-refractivity contribution >= 4 is 22.9 Å². The average Bonchev–Trinajstić information content (AvgIpc) is 3.29. The fourth-order valence-corrected chi connectivity index (χ4v) is 5.69. The molecule has 34 heavy (non-hydrogen) atoms. The van der Waals surface area contributed by atoms with Crippen LogP contribution in [0.1, 0.15) is 113 Å². The van der Waals surface area contributed by atoms with Crippen molar-refractivity contribution in [1.29, 1.82) is 0 Å². The molecule has 0 saturated heterocycles. The highest BCUT2D eigenvalue weighted by atomic mass is 16.1. The predicted molar refractivity (Wildman–Crippen MR) is 142 cm³/mol. The lowest BCUT2D eigenvalue weighted by Gasteiger charge is -2.32. The van der Waals surface area contributed by atoms with Crippen LogP contribution in [0.15, 0.2) is 30.4 Å². The van der Waals surface area contributed by atoms with Crippen LogP contribution in [0.4, 0.5) is 0 Å². The van der Waals surface area contributed by atoms with Crippen molar-refractivity contribution in [3.8, 4) is 0 Å². The lowest BCUT2D eigenvalue weighted by molar-refractivity contribution is -0.129. The minimum Gasteiger partial charge on any atom is -0.300 e. The third-order valence-corrected chi connectivity index (χ3v) is 7.03. The SMILES string of the molecule is CCC.CCCC(CC1CC(=O)c2c(C)ccc(C3=CC=CC3)c2C1)C(CC)C(=O)CC(C)=O. The van der Waals surface area contributed by atoms with E-state index in [-0.39, 0.29) is 41.5 Å². The lowest BCUT2D eigenvalue weighted by atomic mass is 9.71. The van der Waals surface area contributed by atoms with Gasteiger partial charge in [0.15, 0.2) is 5.78 Å². The Labute approximate surface area is 207 Å². The molecular formula is C31H44O3. The summed E-state index contributed by atoms with van der Waals surface area (Å²) in [4.78, 5) is 37.5. The summed E-state index contributed by atoms with van der Waals surface area (Å²) in [6.45, 7) is 12.0. The smallest absolute Gasteiger partial charge is 0.163 e. The van der Waals surface area contributed by atoms with Crippen LogP contribution in [-0.2, 0) is 16.0 Å². The van der Waals surface area contributed by atoms with Gasteiger partial charge in [0.05, 0.1) is 6.42 Å². The highest BCUT2D eigenvalue weighted by molar-refractivity contribution is 6.01. The maximum atomic E-state index is 13.2. The Balaban J connectivity index is 0.00000129. The van der Waals surface area contributed by atoms with Gasteiger partial charge in [-0.1, -0.05) is 77.3 Å². The van der Waals surface area contributed by atoms with E-state index in [1.807, 2.05) is 13.8 Å². The maximum absolute atomic E-state index is 13.2. The zero-order chi connectivity index (χ0) is 25.3. The van der Waals surface area contributed by atoms with Crippen LogP contribution < -0.4 is 0 Å². The number of carbonyl (C=O) groups is 3. The van der Waals surface area contributed by atoms with E-state index in [0.717, 1.165) is 49.7 Å². The summed E-state index contributed by atoms with van der Waals surface area (Å²) in [6.07, 6.45) is 13.7. The van der Waals surface area contributed by atoms with Crippen LogP contribution in [-0.4, -0.2) is 17.3 Å². The highest BCUT2D eigenvalue weighted by Crippen LogP contribution is 2.39. The van der Waals surface area contributed by atoms with Crippen LogP contribution in [0.25, 0.3) is 5.57 Å². The Bertz CT molecular complexity index is 934. The van der Waals surface area contributed by atoms with Gasteiger partial charge in [-0.05, 0) is 73.6 Å². The van der Waals surface area contributed by atoms with Crippen molar-refractivity contribution in [3.63, 3.8) is 0 Å². The van der Waals surface area contributed by atoms with Gasteiger partial charge in [0.2, 0.25) is 0 Å². The van der Waals surface area contributed by atoms with Crippen molar-refractivity contribution < 1.29 is 14.4 Å². The zero-order valence-corrected chi connectivity index (χ0v) is 22.2. The van der Waals surface area contributed by atoms with Gasteiger partial charge in [0.1, 0.15) is 11.6 Å². The minimum absolute atomic E-state index is 0.0374. The summed E-state index contributed by atoms with van der Waals surface area (Å²) in [5.41, 5.74) is 5.71. The first kappa shape index (κ1) is 28.0. The van der Waals surface area contributed by atoms with E-state index in [9.17, 15) is 14.4 Å². The van der Waals surface area contributed by atoms with Crippen LogP contribution in [0.5, 0.6) is 0 Å². The van der Waals surface area contributed by atoms with Crippen molar-refractivity contribution in [2.45, 2.75) is 99.3 Å². The molecule has 0 fully saturated rings. The standard InChI is InChI=1S/C28H36O3.C3H8/c1-5-9-22(23(6-2)26(30)14-19(4)29)15-20-16-25-24(21-10-7-8-11-21)13-12-18(3)28(25)27(31)17-20;1-3-2/h7-8,10,12-13,20,22-23H,5-6,9,11,14-17H2,1-4H3;3H2,1-2H3. The van der Waals surface area contributed by atoms with Gasteiger partial charge in [-0.2, -0.15) is 0 Å². The van der Waals surface area contributed by atoms with Gasteiger partial charge < -0.3 is 0 Å². The van der Waals surface area contributed by atoms with Gasteiger partial charge in [-0.3, -0.25) is 14.4 Å². The molecule has 3 heteroatoms. The van der Waals surface area contributed by atoms with E-state index in [4.69, 9.17) is 0 Å². The number of carbonyl (C=O) groups excluding carboxylic acids is 3. The third kappa shape index (κ3) is 7.10. The number of hydrogen-bond donors (Lipinski definition) is 0. The van der Waals surface area contributed by atoms with Gasteiger partial charge in [-0.25, -0.2) is 0 Å². The molecule has 0 amide bonds. The minimum atomic E-state index is -0.0842. The van der Waals surface area contributed by atoms with Gasteiger partial charge in [-0.15, -0.1) is 0 Å². The number of benzene rings is 1. The molecule has 0 spiro atoms. The molecule has 0 saturated carbocycles. The number of allylic oxidation sites excluding steroid dienone is 4. The van der Waals surface area contributed by atoms with E-state index >= 15 is 0 Å².